The zero-order valence-corrected chi connectivity index (χ0v) is 27.9. The van der Waals surface area contributed by atoms with Gasteiger partial charge in [-0.1, -0.05) is 33.6 Å². The van der Waals surface area contributed by atoms with Crippen LogP contribution in [0.4, 0.5) is 5.69 Å². The van der Waals surface area contributed by atoms with Crippen LogP contribution in [0.25, 0.3) is 0 Å². The van der Waals surface area contributed by atoms with Crippen molar-refractivity contribution in [1.82, 2.24) is 26.2 Å². The van der Waals surface area contributed by atoms with Crippen LogP contribution in [0.1, 0.15) is 77.6 Å². The van der Waals surface area contributed by atoms with Crippen LogP contribution >= 0.6 is 12.8 Å². The maximum atomic E-state index is 12.0. The Morgan fingerprint density at radius 1 is 0.844 bits per heavy atom. The second kappa shape index (κ2) is 23.5. The van der Waals surface area contributed by atoms with E-state index in [1.165, 1.54) is 20.8 Å². The third kappa shape index (κ3) is 23.2. The molecule has 1 aromatic carbocycles. The van der Waals surface area contributed by atoms with Gasteiger partial charge >= 0.3 is 11.9 Å². The number of nitrogens with two attached hydrogens (primary N) is 1. The van der Waals surface area contributed by atoms with E-state index in [-0.39, 0.29) is 24.1 Å². The molecule has 0 saturated carbocycles. The van der Waals surface area contributed by atoms with Gasteiger partial charge in [0.1, 0.15) is 6.54 Å². The standard InChI is InChI=1S/C16H27N5O2S.C11H19NO5.C2H5NO/c1-2-4-15(22)18-9-3-10-19-16(23)13-5-7-14(8-6-13)17-11-12-20-21-24;1-10(2,6-11(3,4)9(16)17)8(15)12-5-7(13)14;1-2(3)4/h5-8,17,20-21,24H,2-4,9-12H2,1H3,(H,18,22)(H,19,23);5-6H2,1-4H3,(H,12,15)(H,13,14)(H,16,17);1H3,(H2,3,4). The van der Waals surface area contributed by atoms with Crippen molar-refractivity contribution in [3.63, 3.8) is 0 Å². The molecular formula is C29H51N7O8S. The highest BCUT2D eigenvalue weighted by atomic mass is 32.1. The number of carboxylic acids is 2. The summed E-state index contributed by atoms with van der Waals surface area (Å²) in [5.74, 6) is -2.97. The van der Waals surface area contributed by atoms with Crippen molar-refractivity contribution >= 4 is 54.1 Å². The molecule has 15 nitrogen and oxygen atoms in total. The molecule has 0 saturated heterocycles. The van der Waals surface area contributed by atoms with E-state index in [9.17, 15) is 28.8 Å². The Balaban J connectivity index is 0. The monoisotopic (exact) mass is 657 g/mol. The van der Waals surface area contributed by atoms with Crippen molar-refractivity contribution in [2.24, 2.45) is 16.6 Å². The van der Waals surface area contributed by atoms with Gasteiger partial charge in [0.2, 0.25) is 17.7 Å². The molecule has 0 bridgehead atoms. The number of rotatable bonds is 18. The quantitative estimate of drug-likeness (QED) is 0.0612. The Bertz CT molecular complexity index is 1080. The molecule has 0 aromatic heterocycles. The fourth-order valence-corrected chi connectivity index (χ4v) is 3.77. The Labute approximate surface area is 270 Å². The second-order valence-electron chi connectivity index (χ2n) is 11.2. The molecule has 0 aliphatic rings. The Morgan fingerprint density at radius 2 is 1.40 bits per heavy atom. The number of hydrazine groups is 1. The highest BCUT2D eigenvalue weighted by Crippen LogP contribution is 2.34. The van der Waals surface area contributed by atoms with Gasteiger partial charge in [0.15, 0.2) is 0 Å². The van der Waals surface area contributed by atoms with Gasteiger partial charge in [-0.15, -0.1) is 0 Å². The van der Waals surface area contributed by atoms with E-state index in [1.807, 2.05) is 19.1 Å². The van der Waals surface area contributed by atoms with Crippen LogP contribution in [0.2, 0.25) is 0 Å². The highest BCUT2D eigenvalue weighted by molar-refractivity contribution is 7.78. The zero-order valence-electron chi connectivity index (χ0n) is 27.0. The Hall–Kier alpha value is -3.89. The van der Waals surface area contributed by atoms with Crippen LogP contribution in [0, 0.1) is 10.8 Å². The number of hydrogen-bond acceptors (Lipinski definition) is 10. The summed E-state index contributed by atoms with van der Waals surface area (Å²) < 4.78 is 0. The number of amides is 4. The van der Waals surface area contributed by atoms with Crippen molar-refractivity contribution in [2.45, 2.75) is 67.2 Å². The molecule has 1 rings (SSSR count). The molecule has 0 unspecified atom stereocenters. The summed E-state index contributed by atoms with van der Waals surface area (Å²) in [4.78, 5) is 68.0. The first-order valence-electron chi connectivity index (χ1n) is 14.4. The van der Waals surface area contributed by atoms with Gasteiger partial charge in [0, 0.05) is 56.2 Å². The van der Waals surface area contributed by atoms with Crippen LogP contribution in [0.15, 0.2) is 24.3 Å². The smallest absolute Gasteiger partial charge is 0.322 e. The Morgan fingerprint density at radius 3 is 1.89 bits per heavy atom. The minimum atomic E-state index is -1.13. The lowest BCUT2D eigenvalue weighted by Crippen LogP contribution is -2.43. The van der Waals surface area contributed by atoms with Crippen molar-refractivity contribution in [3.8, 4) is 0 Å². The number of carbonyl (C=O) groups is 6. The number of anilines is 1. The number of aliphatic carboxylic acids is 2. The predicted octanol–water partition coefficient (Wildman–Crippen LogP) is 1.28. The molecule has 0 aliphatic carbocycles. The number of benzene rings is 1. The van der Waals surface area contributed by atoms with E-state index in [4.69, 9.17) is 10.2 Å². The van der Waals surface area contributed by atoms with Crippen LogP contribution < -0.4 is 37.3 Å². The van der Waals surface area contributed by atoms with Crippen molar-refractivity contribution < 1.29 is 39.0 Å². The normalized spacial score (nSPS) is 10.6. The molecule has 0 spiro atoms. The molecule has 0 fully saturated rings. The SMILES string of the molecule is CC(C)(CC(C)(C)C(=O)NCC(=O)O)C(=O)O.CC(N)=O.CCCC(=O)NCCCNC(=O)c1ccc(NCCNNS)cc1. The first-order valence-corrected chi connectivity index (χ1v) is 14.8. The number of carboxylic acid groups (broad SMARTS) is 2. The highest BCUT2D eigenvalue weighted by Gasteiger charge is 2.38. The lowest BCUT2D eigenvalue weighted by Gasteiger charge is -2.30. The van der Waals surface area contributed by atoms with Crippen molar-refractivity contribution in [2.75, 3.05) is 38.0 Å². The number of primary amides is 1. The van der Waals surface area contributed by atoms with E-state index in [2.05, 4.69) is 50.1 Å². The molecule has 0 heterocycles. The van der Waals surface area contributed by atoms with Crippen LogP contribution in [0.5, 0.6) is 0 Å². The number of hydrogen-bond donors (Lipinski definition) is 10. The average molecular weight is 658 g/mol. The third-order valence-electron chi connectivity index (χ3n) is 5.72. The largest absolute Gasteiger partial charge is 0.481 e. The van der Waals surface area contributed by atoms with Gasteiger partial charge in [0.05, 0.1) is 5.41 Å². The maximum Gasteiger partial charge on any atom is 0.322 e. The molecule has 0 aliphatic heterocycles. The zero-order chi connectivity index (χ0) is 35.1. The van der Waals surface area contributed by atoms with Gasteiger partial charge in [-0.2, -0.15) is 0 Å². The number of carbonyl (C=O) groups excluding carboxylic acids is 4. The van der Waals surface area contributed by atoms with Gasteiger partial charge in [-0.05, 0) is 57.4 Å². The summed E-state index contributed by atoms with van der Waals surface area (Å²) in [5, 5.41) is 28.6. The van der Waals surface area contributed by atoms with Gasteiger partial charge in [-0.25, -0.2) is 10.3 Å². The van der Waals surface area contributed by atoms with E-state index < -0.39 is 35.2 Å². The second-order valence-corrected chi connectivity index (χ2v) is 11.4. The minimum absolute atomic E-state index is 0.0623. The molecule has 45 heavy (non-hydrogen) atoms. The molecule has 16 heteroatoms. The first-order chi connectivity index (χ1) is 20.9. The summed E-state index contributed by atoms with van der Waals surface area (Å²) in [6.07, 6.45) is 2.23. The molecule has 4 amide bonds. The van der Waals surface area contributed by atoms with Crippen LogP contribution in [0.3, 0.4) is 0 Å². The third-order valence-corrected chi connectivity index (χ3v) is 5.88. The summed E-state index contributed by atoms with van der Waals surface area (Å²) >= 11 is 3.82. The summed E-state index contributed by atoms with van der Waals surface area (Å²) in [6, 6.07) is 7.30. The van der Waals surface area contributed by atoms with Crippen molar-refractivity contribution in [1.29, 1.82) is 0 Å². The summed E-state index contributed by atoms with van der Waals surface area (Å²) in [5.41, 5.74) is 6.92. The summed E-state index contributed by atoms with van der Waals surface area (Å²) in [7, 11) is 0. The van der Waals surface area contributed by atoms with Gasteiger partial charge in [-0.3, -0.25) is 28.8 Å². The molecule has 256 valence electrons. The summed E-state index contributed by atoms with van der Waals surface area (Å²) in [6.45, 7) is 11.6. The van der Waals surface area contributed by atoms with Gasteiger partial charge < -0.3 is 37.2 Å². The number of thiol groups is 1. The van der Waals surface area contributed by atoms with Crippen LogP contribution in [-0.2, 0) is 24.0 Å². The lowest BCUT2D eigenvalue weighted by molar-refractivity contribution is -0.150. The molecular weight excluding hydrogens is 606 g/mol. The number of nitrogens with one attached hydrogen (secondary N) is 6. The van der Waals surface area contributed by atoms with E-state index in [1.54, 1.807) is 26.0 Å². The van der Waals surface area contributed by atoms with Gasteiger partial charge in [0.25, 0.3) is 5.91 Å². The fourth-order valence-electron chi connectivity index (χ4n) is 3.66. The Kier molecular flexibility index (Phi) is 22.6. The topological polar surface area (TPSA) is 241 Å². The molecule has 1 aromatic rings. The first kappa shape index (κ1) is 43.2. The molecule has 0 radical (unpaired) electrons. The molecule has 10 N–H and O–H groups in total. The van der Waals surface area contributed by atoms with E-state index in [0.29, 0.717) is 31.5 Å². The predicted molar refractivity (Wildman–Crippen MR) is 175 cm³/mol. The van der Waals surface area contributed by atoms with Crippen molar-refractivity contribution in [3.05, 3.63) is 29.8 Å². The lowest BCUT2D eigenvalue weighted by atomic mass is 9.74. The van der Waals surface area contributed by atoms with E-state index in [0.717, 1.165) is 25.2 Å². The fraction of sp³-hybridized carbons (Fsp3) is 0.586. The minimum Gasteiger partial charge on any atom is -0.481 e. The average Bonchev–Trinajstić information content (AvgIpc) is 2.93. The maximum absolute atomic E-state index is 12.0. The van der Waals surface area contributed by atoms with E-state index >= 15 is 0 Å². The van der Waals surface area contributed by atoms with Crippen LogP contribution in [-0.4, -0.2) is 78.5 Å². The molecule has 0 atom stereocenters.